The molecule has 0 aromatic heterocycles. The number of aliphatic hydroxyl groups excluding tert-OH is 2. The Kier molecular flexibility index (Phi) is 7.14. The van der Waals surface area contributed by atoms with E-state index in [0.717, 1.165) is 0 Å². The minimum absolute atomic E-state index is 0.211. The third-order valence-electron chi connectivity index (χ3n) is 4.81. The highest BCUT2D eigenvalue weighted by Crippen LogP contribution is 2.31. The molecule has 0 radical (unpaired) electrons. The number of nitrogens with zero attached hydrogens (tertiary/aromatic N) is 1. The topological polar surface area (TPSA) is 89.9 Å². The van der Waals surface area contributed by atoms with Gasteiger partial charge in [0.05, 0.1) is 28.8 Å². The number of rotatable bonds is 6. The number of anilines is 1. The van der Waals surface area contributed by atoms with E-state index in [1.807, 2.05) is 20.8 Å². The second-order valence-electron chi connectivity index (χ2n) is 7.94. The van der Waals surface area contributed by atoms with Gasteiger partial charge in [0.1, 0.15) is 5.92 Å². The van der Waals surface area contributed by atoms with Crippen LogP contribution < -0.4 is 10.2 Å². The Balaban J connectivity index is 2.02. The van der Waals surface area contributed by atoms with E-state index in [1.165, 1.54) is 4.90 Å². The molecule has 2 rings (SSSR count). The average molecular weight is 417 g/mol. The number of halogens is 2. The predicted molar refractivity (Wildman–Crippen MR) is 106 cm³/mol. The maximum Gasteiger partial charge on any atom is 0.239 e. The molecule has 0 spiro atoms. The molecule has 0 bridgehead atoms. The number of carbonyl (C=O) groups is 2. The monoisotopic (exact) mass is 416 g/mol. The lowest BCUT2D eigenvalue weighted by Crippen LogP contribution is -2.46. The SMILES string of the molecule is CC(C)(C)[C@H](O)C[C@H](CO)NC(=O)[C@H]1CCN(c2ccc(Cl)c(Cl)c2)C1=O. The molecular formula is C19H26Cl2N2O4. The molecule has 6 nitrogen and oxygen atoms in total. The lowest BCUT2D eigenvalue weighted by molar-refractivity contribution is -0.133. The fourth-order valence-corrected chi connectivity index (χ4v) is 3.23. The molecule has 3 atom stereocenters. The van der Waals surface area contributed by atoms with E-state index >= 15 is 0 Å². The van der Waals surface area contributed by atoms with Crippen LogP contribution in [0.2, 0.25) is 10.0 Å². The van der Waals surface area contributed by atoms with Gasteiger partial charge >= 0.3 is 0 Å². The molecule has 0 aliphatic carbocycles. The number of benzene rings is 1. The Morgan fingerprint density at radius 1 is 1.33 bits per heavy atom. The Hall–Kier alpha value is -1.34. The molecule has 0 saturated carbocycles. The van der Waals surface area contributed by atoms with Crippen LogP contribution in [0.1, 0.15) is 33.6 Å². The molecule has 27 heavy (non-hydrogen) atoms. The molecule has 1 saturated heterocycles. The van der Waals surface area contributed by atoms with Crippen LogP contribution in [0.3, 0.4) is 0 Å². The quantitative estimate of drug-likeness (QED) is 0.621. The number of aliphatic hydroxyl groups is 2. The van der Waals surface area contributed by atoms with Crippen molar-refractivity contribution in [2.75, 3.05) is 18.1 Å². The Bertz CT molecular complexity index is 705. The Morgan fingerprint density at radius 2 is 2.00 bits per heavy atom. The summed E-state index contributed by atoms with van der Waals surface area (Å²) >= 11 is 11.9. The maximum absolute atomic E-state index is 12.7. The third-order valence-corrected chi connectivity index (χ3v) is 5.55. The first kappa shape index (κ1) is 22.0. The van der Waals surface area contributed by atoms with Gasteiger partial charge in [0, 0.05) is 12.2 Å². The van der Waals surface area contributed by atoms with Crippen LogP contribution in [0.25, 0.3) is 0 Å². The normalized spacial score (nSPS) is 19.9. The van der Waals surface area contributed by atoms with Crippen molar-refractivity contribution >= 4 is 40.7 Å². The van der Waals surface area contributed by atoms with Crippen LogP contribution >= 0.6 is 23.2 Å². The fourth-order valence-electron chi connectivity index (χ4n) is 2.94. The summed E-state index contributed by atoms with van der Waals surface area (Å²) in [6.07, 6.45) is -0.115. The lowest BCUT2D eigenvalue weighted by Gasteiger charge is -2.29. The molecule has 3 N–H and O–H groups in total. The molecule has 1 heterocycles. The smallest absolute Gasteiger partial charge is 0.239 e. The summed E-state index contributed by atoms with van der Waals surface area (Å²) in [4.78, 5) is 26.7. The molecule has 0 unspecified atom stereocenters. The van der Waals surface area contributed by atoms with Gasteiger partial charge in [-0.25, -0.2) is 0 Å². The van der Waals surface area contributed by atoms with Crippen molar-refractivity contribution in [3.05, 3.63) is 28.2 Å². The van der Waals surface area contributed by atoms with Crippen molar-refractivity contribution < 1.29 is 19.8 Å². The van der Waals surface area contributed by atoms with E-state index in [0.29, 0.717) is 28.7 Å². The summed E-state index contributed by atoms with van der Waals surface area (Å²) in [6.45, 7) is 5.72. The van der Waals surface area contributed by atoms with Crippen molar-refractivity contribution in [1.82, 2.24) is 5.32 Å². The van der Waals surface area contributed by atoms with Crippen molar-refractivity contribution in [2.24, 2.45) is 11.3 Å². The fraction of sp³-hybridized carbons (Fsp3) is 0.579. The first-order chi connectivity index (χ1) is 12.5. The second-order valence-corrected chi connectivity index (χ2v) is 8.75. The van der Waals surface area contributed by atoms with Crippen molar-refractivity contribution in [3.8, 4) is 0 Å². The summed E-state index contributed by atoms with van der Waals surface area (Å²) in [7, 11) is 0. The summed E-state index contributed by atoms with van der Waals surface area (Å²) in [6, 6.07) is 4.27. The molecule has 1 aromatic carbocycles. The molecule has 1 aliphatic rings. The number of nitrogens with one attached hydrogen (secondary N) is 1. The predicted octanol–water partition coefficient (Wildman–Crippen LogP) is 2.62. The number of amides is 2. The molecule has 2 amide bonds. The molecule has 150 valence electrons. The van der Waals surface area contributed by atoms with Gasteiger partial charge < -0.3 is 20.4 Å². The molecule has 1 aliphatic heterocycles. The highest BCUT2D eigenvalue weighted by molar-refractivity contribution is 6.42. The van der Waals surface area contributed by atoms with Crippen LogP contribution in [0.4, 0.5) is 5.69 Å². The number of hydrogen-bond donors (Lipinski definition) is 3. The van der Waals surface area contributed by atoms with E-state index in [-0.39, 0.29) is 24.3 Å². The summed E-state index contributed by atoms with van der Waals surface area (Å²) in [5.41, 5.74) is 0.220. The first-order valence-electron chi connectivity index (χ1n) is 8.90. The van der Waals surface area contributed by atoms with Gasteiger partial charge in [0.2, 0.25) is 11.8 Å². The molecule has 1 aromatic rings. The number of hydrogen-bond acceptors (Lipinski definition) is 4. The zero-order valence-electron chi connectivity index (χ0n) is 15.7. The summed E-state index contributed by atoms with van der Waals surface area (Å²) < 4.78 is 0. The maximum atomic E-state index is 12.7. The Morgan fingerprint density at radius 3 is 2.56 bits per heavy atom. The van der Waals surface area contributed by atoms with Gasteiger partial charge in [0.15, 0.2) is 0 Å². The van der Waals surface area contributed by atoms with E-state index in [9.17, 15) is 19.8 Å². The average Bonchev–Trinajstić information content (AvgIpc) is 2.97. The summed E-state index contributed by atoms with van der Waals surface area (Å²) in [5.74, 6) is -1.60. The number of carbonyl (C=O) groups excluding carboxylic acids is 2. The van der Waals surface area contributed by atoms with E-state index in [1.54, 1.807) is 18.2 Å². The minimum Gasteiger partial charge on any atom is -0.394 e. The molecule has 1 fully saturated rings. The van der Waals surface area contributed by atoms with Crippen molar-refractivity contribution in [3.63, 3.8) is 0 Å². The van der Waals surface area contributed by atoms with E-state index in [2.05, 4.69) is 5.32 Å². The van der Waals surface area contributed by atoms with Crippen LogP contribution in [0.15, 0.2) is 18.2 Å². The van der Waals surface area contributed by atoms with Gasteiger partial charge in [-0.3, -0.25) is 9.59 Å². The zero-order chi connectivity index (χ0) is 20.4. The zero-order valence-corrected chi connectivity index (χ0v) is 17.2. The molecular weight excluding hydrogens is 391 g/mol. The van der Waals surface area contributed by atoms with Gasteiger partial charge in [-0.1, -0.05) is 44.0 Å². The second kappa shape index (κ2) is 8.78. The first-order valence-corrected chi connectivity index (χ1v) is 9.66. The lowest BCUT2D eigenvalue weighted by atomic mass is 9.85. The van der Waals surface area contributed by atoms with Crippen molar-refractivity contribution in [2.45, 2.75) is 45.8 Å². The van der Waals surface area contributed by atoms with Crippen LogP contribution in [0, 0.1) is 11.3 Å². The van der Waals surface area contributed by atoms with Crippen LogP contribution in [-0.2, 0) is 9.59 Å². The van der Waals surface area contributed by atoms with Gasteiger partial charge in [-0.05, 0) is 36.5 Å². The Labute approximate surface area is 169 Å². The van der Waals surface area contributed by atoms with Crippen LogP contribution in [0.5, 0.6) is 0 Å². The van der Waals surface area contributed by atoms with Crippen LogP contribution in [-0.4, -0.2) is 47.3 Å². The van der Waals surface area contributed by atoms with Gasteiger partial charge in [-0.2, -0.15) is 0 Å². The largest absolute Gasteiger partial charge is 0.394 e. The van der Waals surface area contributed by atoms with Gasteiger partial charge in [0.25, 0.3) is 0 Å². The van der Waals surface area contributed by atoms with Crippen molar-refractivity contribution in [1.29, 1.82) is 0 Å². The van der Waals surface area contributed by atoms with Gasteiger partial charge in [-0.15, -0.1) is 0 Å². The highest BCUT2D eigenvalue weighted by Gasteiger charge is 2.38. The summed E-state index contributed by atoms with van der Waals surface area (Å²) in [5, 5.41) is 23.2. The van der Waals surface area contributed by atoms with E-state index in [4.69, 9.17) is 23.2 Å². The molecule has 8 heteroatoms. The minimum atomic E-state index is -0.833. The standard InChI is InChI=1S/C19H26Cl2N2O4/c1-19(2,3)16(25)8-11(10-24)22-17(26)13-6-7-23(18(13)27)12-4-5-14(20)15(21)9-12/h4-5,9,11,13,16,24-25H,6-8,10H2,1-3H3,(H,22,26)/t11-,13-,16-/m1/s1. The third kappa shape index (κ3) is 5.35. The highest BCUT2D eigenvalue weighted by atomic mass is 35.5. The van der Waals surface area contributed by atoms with E-state index < -0.39 is 24.0 Å².